The number of hydrogen-bond donors (Lipinski definition) is 2. The standard InChI is InChI=1S/C14H13ClN2O3S/c1-21(19,20)17-13-5-3-2-4-12(13)14(18)16-11-8-6-10(15)7-9-11/h2-9,17H,1H3,(H,16,18). The Hall–Kier alpha value is -2.05. The minimum atomic E-state index is -3.46. The molecule has 0 fully saturated rings. The molecule has 2 aromatic rings. The SMILES string of the molecule is CS(=O)(=O)Nc1ccccc1C(=O)Nc1ccc(Cl)cc1. The van der Waals surface area contributed by atoms with Gasteiger partial charge in [-0.2, -0.15) is 0 Å². The van der Waals surface area contributed by atoms with Crippen LogP contribution in [0.1, 0.15) is 10.4 Å². The van der Waals surface area contributed by atoms with Crippen molar-refractivity contribution >= 4 is 38.9 Å². The number of carbonyl (C=O) groups excluding carboxylic acids is 1. The van der Waals surface area contributed by atoms with Gasteiger partial charge >= 0.3 is 0 Å². The van der Waals surface area contributed by atoms with Gasteiger partial charge in [-0.25, -0.2) is 8.42 Å². The first-order chi connectivity index (χ1) is 9.85. The van der Waals surface area contributed by atoms with Gasteiger partial charge in [0.15, 0.2) is 0 Å². The Bertz CT molecular complexity index is 758. The second kappa shape index (κ2) is 6.15. The monoisotopic (exact) mass is 324 g/mol. The molecule has 0 heterocycles. The Morgan fingerprint density at radius 1 is 1.05 bits per heavy atom. The smallest absolute Gasteiger partial charge is 0.257 e. The largest absolute Gasteiger partial charge is 0.322 e. The summed E-state index contributed by atoms with van der Waals surface area (Å²) < 4.78 is 24.9. The van der Waals surface area contributed by atoms with E-state index in [1.807, 2.05) is 0 Å². The highest BCUT2D eigenvalue weighted by Gasteiger charge is 2.13. The van der Waals surface area contributed by atoms with E-state index < -0.39 is 15.9 Å². The predicted octanol–water partition coefficient (Wildman–Crippen LogP) is 2.96. The molecule has 7 heteroatoms. The summed E-state index contributed by atoms with van der Waals surface area (Å²) >= 11 is 5.77. The van der Waals surface area contributed by atoms with E-state index in [2.05, 4.69) is 10.0 Å². The fraction of sp³-hybridized carbons (Fsp3) is 0.0714. The molecular weight excluding hydrogens is 312 g/mol. The Kier molecular flexibility index (Phi) is 4.50. The van der Waals surface area contributed by atoms with Crippen LogP contribution in [0, 0.1) is 0 Å². The number of anilines is 2. The van der Waals surface area contributed by atoms with Crippen molar-refractivity contribution in [2.45, 2.75) is 0 Å². The lowest BCUT2D eigenvalue weighted by Crippen LogP contribution is -2.17. The molecule has 0 radical (unpaired) electrons. The van der Waals surface area contributed by atoms with Crippen molar-refractivity contribution in [1.82, 2.24) is 0 Å². The van der Waals surface area contributed by atoms with E-state index in [0.29, 0.717) is 10.7 Å². The molecule has 0 saturated heterocycles. The molecule has 0 aliphatic heterocycles. The van der Waals surface area contributed by atoms with Crippen LogP contribution in [0.5, 0.6) is 0 Å². The minimum Gasteiger partial charge on any atom is -0.322 e. The summed E-state index contributed by atoms with van der Waals surface area (Å²) in [4.78, 5) is 12.2. The lowest BCUT2D eigenvalue weighted by Gasteiger charge is -2.11. The van der Waals surface area contributed by atoms with Crippen molar-refractivity contribution in [3.8, 4) is 0 Å². The number of nitrogens with one attached hydrogen (secondary N) is 2. The molecule has 2 aromatic carbocycles. The molecule has 2 N–H and O–H groups in total. The van der Waals surface area contributed by atoms with Crippen LogP contribution in [0.25, 0.3) is 0 Å². The maximum absolute atomic E-state index is 12.2. The first-order valence-corrected chi connectivity index (χ1v) is 8.26. The number of benzene rings is 2. The number of halogens is 1. The van der Waals surface area contributed by atoms with Crippen molar-refractivity contribution in [3.63, 3.8) is 0 Å². The van der Waals surface area contributed by atoms with Crippen LogP contribution in [0.4, 0.5) is 11.4 Å². The van der Waals surface area contributed by atoms with Crippen LogP contribution < -0.4 is 10.0 Å². The normalized spacial score (nSPS) is 11.0. The first-order valence-electron chi connectivity index (χ1n) is 5.99. The van der Waals surface area contributed by atoms with Gasteiger partial charge in [0.05, 0.1) is 17.5 Å². The number of sulfonamides is 1. The zero-order valence-corrected chi connectivity index (χ0v) is 12.7. The summed E-state index contributed by atoms with van der Waals surface area (Å²) in [7, 11) is -3.46. The fourth-order valence-corrected chi connectivity index (χ4v) is 2.40. The van der Waals surface area contributed by atoms with E-state index in [4.69, 9.17) is 11.6 Å². The third-order valence-corrected chi connectivity index (χ3v) is 3.41. The number of hydrogen-bond acceptors (Lipinski definition) is 3. The highest BCUT2D eigenvalue weighted by atomic mass is 35.5. The van der Waals surface area contributed by atoms with Gasteiger partial charge in [-0.1, -0.05) is 23.7 Å². The van der Waals surface area contributed by atoms with Crippen LogP contribution in [0.15, 0.2) is 48.5 Å². The third kappa shape index (κ3) is 4.47. The molecule has 21 heavy (non-hydrogen) atoms. The molecule has 2 rings (SSSR count). The van der Waals surface area contributed by atoms with Gasteiger partial charge in [0, 0.05) is 10.7 Å². The first kappa shape index (κ1) is 15.3. The van der Waals surface area contributed by atoms with E-state index in [-0.39, 0.29) is 11.3 Å². The van der Waals surface area contributed by atoms with Gasteiger partial charge in [-0.15, -0.1) is 0 Å². The summed E-state index contributed by atoms with van der Waals surface area (Å²) in [5.74, 6) is -0.413. The topological polar surface area (TPSA) is 75.3 Å². The average Bonchev–Trinajstić information content (AvgIpc) is 2.40. The maximum atomic E-state index is 12.2. The van der Waals surface area contributed by atoms with E-state index >= 15 is 0 Å². The van der Waals surface area contributed by atoms with Crippen molar-refractivity contribution in [2.24, 2.45) is 0 Å². The average molecular weight is 325 g/mol. The van der Waals surface area contributed by atoms with E-state index in [9.17, 15) is 13.2 Å². The van der Waals surface area contributed by atoms with Crippen LogP contribution in [0.3, 0.4) is 0 Å². The predicted molar refractivity (Wildman–Crippen MR) is 84.3 cm³/mol. The molecule has 0 aromatic heterocycles. The Morgan fingerprint density at radius 3 is 2.29 bits per heavy atom. The molecule has 0 saturated carbocycles. The zero-order chi connectivity index (χ0) is 15.5. The van der Waals surface area contributed by atoms with E-state index in [0.717, 1.165) is 6.26 Å². The number of amides is 1. The van der Waals surface area contributed by atoms with Crippen molar-refractivity contribution in [1.29, 1.82) is 0 Å². The van der Waals surface area contributed by atoms with Gasteiger partial charge in [0.1, 0.15) is 0 Å². The Morgan fingerprint density at radius 2 is 1.67 bits per heavy atom. The number of carbonyl (C=O) groups is 1. The third-order valence-electron chi connectivity index (χ3n) is 2.57. The van der Waals surface area contributed by atoms with Crippen LogP contribution in [-0.4, -0.2) is 20.6 Å². The van der Waals surface area contributed by atoms with Crippen molar-refractivity contribution in [3.05, 3.63) is 59.1 Å². The van der Waals surface area contributed by atoms with Crippen molar-refractivity contribution in [2.75, 3.05) is 16.3 Å². The molecule has 0 aliphatic carbocycles. The van der Waals surface area contributed by atoms with Crippen molar-refractivity contribution < 1.29 is 13.2 Å². The van der Waals surface area contributed by atoms with Gasteiger partial charge in [-0.3, -0.25) is 9.52 Å². The lowest BCUT2D eigenvalue weighted by molar-refractivity contribution is 0.102. The summed E-state index contributed by atoms with van der Waals surface area (Å²) in [6, 6.07) is 13.0. The molecule has 110 valence electrons. The second-order valence-corrected chi connectivity index (χ2v) is 6.57. The molecular formula is C14H13ClN2O3S. The number of para-hydroxylation sites is 1. The van der Waals surface area contributed by atoms with Gasteiger partial charge in [-0.05, 0) is 36.4 Å². The summed E-state index contributed by atoms with van der Waals surface area (Å²) in [6.07, 6.45) is 1.03. The van der Waals surface area contributed by atoms with Crippen LogP contribution in [0.2, 0.25) is 5.02 Å². The second-order valence-electron chi connectivity index (χ2n) is 4.38. The lowest BCUT2D eigenvalue weighted by atomic mass is 10.1. The maximum Gasteiger partial charge on any atom is 0.257 e. The molecule has 5 nitrogen and oxygen atoms in total. The van der Waals surface area contributed by atoms with Crippen LogP contribution in [-0.2, 0) is 10.0 Å². The van der Waals surface area contributed by atoms with Gasteiger partial charge in [0.2, 0.25) is 10.0 Å². The summed E-state index contributed by atoms with van der Waals surface area (Å²) in [5, 5.41) is 3.24. The quantitative estimate of drug-likeness (QED) is 0.908. The molecule has 0 unspecified atom stereocenters. The van der Waals surface area contributed by atoms with Crippen LogP contribution >= 0.6 is 11.6 Å². The molecule has 0 aliphatic rings. The minimum absolute atomic E-state index is 0.228. The molecule has 1 amide bonds. The van der Waals surface area contributed by atoms with E-state index in [1.54, 1.807) is 42.5 Å². The molecule has 0 bridgehead atoms. The van der Waals surface area contributed by atoms with Gasteiger partial charge < -0.3 is 5.32 Å². The Labute approximate surface area is 128 Å². The highest BCUT2D eigenvalue weighted by Crippen LogP contribution is 2.19. The van der Waals surface area contributed by atoms with Gasteiger partial charge in [0.25, 0.3) is 5.91 Å². The number of rotatable bonds is 4. The highest BCUT2D eigenvalue weighted by molar-refractivity contribution is 7.92. The Balaban J connectivity index is 2.25. The summed E-state index contributed by atoms with van der Waals surface area (Å²) in [6.45, 7) is 0. The zero-order valence-electron chi connectivity index (χ0n) is 11.1. The summed E-state index contributed by atoms with van der Waals surface area (Å²) in [5.41, 5.74) is 1.03. The fourth-order valence-electron chi connectivity index (χ4n) is 1.70. The molecule has 0 spiro atoms. The molecule has 0 atom stereocenters. The van der Waals surface area contributed by atoms with E-state index in [1.165, 1.54) is 6.07 Å².